The van der Waals surface area contributed by atoms with Crippen LogP contribution in [0.4, 0.5) is 0 Å². The van der Waals surface area contributed by atoms with Gasteiger partial charge >= 0.3 is 5.97 Å². The minimum Gasteiger partial charge on any atom is -0.481 e. The van der Waals surface area contributed by atoms with Gasteiger partial charge in [0.25, 0.3) is 0 Å². The van der Waals surface area contributed by atoms with Gasteiger partial charge in [0, 0.05) is 17.8 Å². The molecule has 20 heavy (non-hydrogen) atoms. The number of aromatic nitrogens is 1. The number of hydrogen-bond donors (Lipinski definition) is 1. The highest BCUT2D eigenvalue weighted by molar-refractivity contribution is 5.81. The number of benzene rings is 1. The van der Waals surface area contributed by atoms with Crippen molar-refractivity contribution in [2.75, 3.05) is 7.11 Å². The maximum atomic E-state index is 11.3. The molecule has 0 fully saturated rings. The molecule has 104 valence electrons. The van der Waals surface area contributed by atoms with Crippen molar-refractivity contribution in [2.24, 2.45) is 0 Å². The monoisotopic (exact) mass is 271 g/mol. The summed E-state index contributed by atoms with van der Waals surface area (Å²) < 4.78 is 5.03. The Hall–Kier alpha value is -2.36. The standard InChI is InChI=1S/C16H17NO3/c1-16(2,15(18)19)13-6-4-5-11(9-13)12-7-8-14(20-3)17-10-12/h4-10H,1-3H3,(H,18,19). The number of aliphatic carboxylic acids is 1. The lowest BCUT2D eigenvalue weighted by molar-refractivity contribution is -0.142. The maximum Gasteiger partial charge on any atom is 0.313 e. The largest absolute Gasteiger partial charge is 0.481 e. The minimum absolute atomic E-state index is 0.552. The predicted molar refractivity (Wildman–Crippen MR) is 76.9 cm³/mol. The number of carboxylic acids is 1. The third kappa shape index (κ3) is 2.64. The number of carbonyl (C=O) groups is 1. The molecule has 0 aliphatic carbocycles. The highest BCUT2D eigenvalue weighted by atomic mass is 16.5. The second kappa shape index (κ2) is 5.33. The van der Waals surface area contributed by atoms with Crippen LogP contribution in [0, 0.1) is 0 Å². The second-order valence-corrected chi connectivity index (χ2v) is 5.10. The molecule has 4 heteroatoms. The summed E-state index contributed by atoms with van der Waals surface area (Å²) >= 11 is 0. The highest BCUT2D eigenvalue weighted by Gasteiger charge is 2.29. The predicted octanol–water partition coefficient (Wildman–Crippen LogP) is 3.12. The van der Waals surface area contributed by atoms with Crippen LogP contribution in [0.5, 0.6) is 5.88 Å². The van der Waals surface area contributed by atoms with Gasteiger partial charge in [0.2, 0.25) is 5.88 Å². The van der Waals surface area contributed by atoms with Gasteiger partial charge in [-0.1, -0.05) is 18.2 Å². The van der Waals surface area contributed by atoms with E-state index in [1.54, 1.807) is 33.2 Å². The van der Waals surface area contributed by atoms with Crippen molar-refractivity contribution in [3.63, 3.8) is 0 Å². The van der Waals surface area contributed by atoms with Crippen LogP contribution in [-0.2, 0) is 10.2 Å². The van der Waals surface area contributed by atoms with E-state index < -0.39 is 11.4 Å². The molecule has 1 heterocycles. The molecule has 0 bridgehead atoms. The Labute approximate surface area is 118 Å². The van der Waals surface area contributed by atoms with Gasteiger partial charge in [-0.05, 0) is 37.1 Å². The van der Waals surface area contributed by atoms with Crippen LogP contribution in [0.1, 0.15) is 19.4 Å². The first-order valence-electron chi connectivity index (χ1n) is 6.29. The van der Waals surface area contributed by atoms with E-state index in [0.29, 0.717) is 5.88 Å². The first kappa shape index (κ1) is 14.1. The average molecular weight is 271 g/mol. The summed E-state index contributed by atoms with van der Waals surface area (Å²) in [5, 5.41) is 9.30. The zero-order valence-electron chi connectivity index (χ0n) is 11.8. The van der Waals surface area contributed by atoms with E-state index >= 15 is 0 Å². The van der Waals surface area contributed by atoms with Gasteiger partial charge in [-0.3, -0.25) is 4.79 Å². The van der Waals surface area contributed by atoms with Gasteiger partial charge in [0.05, 0.1) is 12.5 Å². The molecule has 0 atom stereocenters. The molecule has 0 spiro atoms. The Kier molecular flexibility index (Phi) is 3.74. The number of rotatable bonds is 4. The Morgan fingerprint density at radius 2 is 1.95 bits per heavy atom. The molecule has 0 amide bonds. The number of methoxy groups -OCH3 is 1. The molecule has 1 aromatic heterocycles. The molecule has 1 N–H and O–H groups in total. The Bertz CT molecular complexity index is 618. The summed E-state index contributed by atoms with van der Waals surface area (Å²) in [6.07, 6.45) is 1.71. The van der Waals surface area contributed by atoms with Crippen molar-refractivity contribution in [2.45, 2.75) is 19.3 Å². The molecule has 0 radical (unpaired) electrons. The molecule has 2 aromatic rings. The molecule has 0 saturated heterocycles. The van der Waals surface area contributed by atoms with Crippen LogP contribution in [0.3, 0.4) is 0 Å². The van der Waals surface area contributed by atoms with Crippen molar-refractivity contribution in [1.82, 2.24) is 4.98 Å². The molecular formula is C16H17NO3. The van der Waals surface area contributed by atoms with E-state index in [2.05, 4.69) is 4.98 Å². The lowest BCUT2D eigenvalue weighted by Crippen LogP contribution is -2.28. The smallest absolute Gasteiger partial charge is 0.313 e. The van der Waals surface area contributed by atoms with Gasteiger partial charge in [-0.2, -0.15) is 0 Å². The number of pyridine rings is 1. The fraction of sp³-hybridized carbons (Fsp3) is 0.250. The van der Waals surface area contributed by atoms with Crippen LogP contribution in [-0.4, -0.2) is 23.2 Å². The number of carboxylic acid groups (broad SMARTS) is 1. The Morgan fingerprint density at radius 3 is 2.50 bits per heavy atom. The fourth-order valence-electron chi connectivity index (χ4n) is 1.88. The van der Waals surface area contributed by atoms with E-state index in [1.807, 2.05) is 30.3 Å². The summed E-state index contributed by atoms with van der Waals surface area (Å²) in [5.74, 6) is -0.293. The van der Waals surface area contributed by atoms with Gasteiger partial charge in [0.15, 0.2) is 0 Å². The van der Waals surface area contributed by atoms with Gasteiger partial charge < -0.3 is 9.84 Å². The van der Waals surface area contributed by atoms with Gasteiger partial charge in [-0.25, -0.2) is 4.98 Å². The Morgan fingerprint density at radius 1 is 1.20 bits per heavy atom. The molecule has 0 unspecified atom stereocenters. The molecule has 0 saturated carbocycles. The quantitative estimate of drug-likeness (QED) is 0.928. The molecular weight excluding hydrogens is 254 g/mol. The summed E-state index contributed by atoms with van der Waals surface area (Å²) in [5.41, 5.74) is 1.70. The van der Waals surface area contributed by atoms with Gasteiger partial charge in [0.1, 0.15) is 0 Å². The van der Waals surface area contributed by atoms with Crippen molar-refractivity contribution in [3.8, 4) is 17.0 Å². The molecule has 2 rings (SSSR count). The van der Waals surface area contributed by atoms with Gasteiger partial charge in [-0.15, -0.1) is 0 Å². The summed E-state index contributed by atoms with van der Waals surface area (Å²) in [6, 6.07) is 11.2. The lowest BCUT2D eigenvalue weighted by Gasteiger charge is -2.20. The highest BCUT2D eigenvalue weighted by Crippen LogP contribution is 2.28. The van der Waals surface area contributed by atoms with Crippen molar-refractivity contribution >= 4 is 5.97 Å². The maximum absolute atomic E-state index is 11.3. The normalized spacial score (nSPS) is 11.2. The minimum atomic E-state index is -0.921. The SMILES string of the molecule is COc1ccc(-c2cccc(C(C)(C)C(=O)O)c2)cn1. The van der Waals surface area contributed by atoms with Crippen LogP contribution in [0.15, 0.2) is 42.6 Å². The number of nitrogens with zero attached hydrogens (tertiary/aromatic N) is 1. The lowest BCUT2D eigenvalue weighted by atomic mass is 9.83. The topological polar surface area (TPSA) is 59.4 Å². The second-order valence-electron chi connectivity index (χ2n) is 5.10. The van der Waals surface area contributed by atoms with E-state index in [1.165, 1.54) is 0 Å². The van der Waals surface area contributed by atoms with E-state index in [9.17, 15) is 9.90 Å². The van der Waals surface area contributed by atoms with Crippen LogP contribution in [0.2, 0.25) is 0 Å². The van der Waals surface area contributed by atoms with Crippen LogP contribution in [0.25, 0.3) is 11.1 Å². The molecule has 0 aliphatic rings. The molecule has 1 aromatic carbocycles. The third-order valence-electron chi connectivity index (χ3n) is 3.40. The summed E-state index contributed by atoms with van der Waals surface area (Å²) in [4.78, 5) is 15.5. The Balaban J connectivity index is 2.41. The number of ether oxygens (including phenoxy) is 1. The van der Waals surface area contributed by atoms with E-state index in [-0.39, 0.29) is 0 Å². The number of hydrogen-bond acceptors (Lipinski definition) is 3. The molecule has 4 nitrogen and oxygen atoms in total. The van der Waals surface area contributed by atoms with Crippen LogP contribution < -0.4 is 4.74 Å². The van der Waals surface area contributed by atoms with E-state index in [4.69, 9.17) is 4.74 Å². The zero-order chi connectivity index (χ0) is 14.8. The summed E-state index contributed by atoms with van der Waals surface area (Å²) in [7, 11) is 1.57. The fourth-order valence-corrected chi connectivity index (χ4v) is 1.88. The first-order chi connectivity index (χ1) is 9.45. The average Bonchev–Trinajstić information content (AvgIpc) is 2.47. The van der Waals surface area contributed by atoms with Crippen molar-refractivity contribution < 1.29 is 14.6 Å². The van der Waals surface area contributed by atoms with Crippen molar-refractivity contribution in [1.29, 1.82) is 0 Å². The van der Waals surface area contributed by atoms with Crippen molar-refractivity contribution in [3.05, 3.63) is 48.2 Å². The zero-order valence-corrected chi connectivity index (χ0v) is 11.8. The summed E-state index contributed by atoms with van der Waals surface area (Å²) in [6.45, 7) is 3.39. The molecule has 0 aliphatic heterocycles. The first-order valence-corrected chi connectivity index (χ1v) is 6.29. The van der Waals surface area contributed by atoms with Crippen LogP contribution >= 0.6 is 0 Å². The third-order valence-corrected chi connectivity index (χ3v) is 3.40. The van der Waals surface area contributed by atoms with E-state index in [0.717, 1.165) is 16.7 Å².